The van der Waals surface area contributed by atoms with Gasteiger partial charge in [-0.15, -0.1) is 11.7 Å². The molecule has 2 atom stereocenters. The van der Waals surface area contributed by atoms with Crippen LogP contribution >= 0.6 is 34.2 Å². The fourth-order valence-electron chi connectivity index (χ4n) is 2.94. The molecule has 0 aliphatic carbocycles. The highest BCUT2D eigenvalue weighted by Gasteiger charge is 2.38. The highest BCUT2D eigenvalue weighted by molar-refractivity contribution is 8.69. The maximum absolute atomic E-state index is 12.0. The van der Waals surface area contributed by atoms with Gasteiger partial charge in [-0.05, 0) is 19.1 Å². The molecule has 0 aromatic rings. The van der Waals surface area contributed by atoms with E-state index in [1.54, 1.807) is 0 Å². The Bertz CT molecular complexity index is 483. The Morgan fingerprint density at radius 3 is 1.71 bits per heavy atom. The molecule has 2 aliphatic rings. The summed E-state index contributed by atoms with van der Waals surface area (Å²) in [4.78, 5) is 50.1. The molecule has 2 fully saturated rings. The number of rotatable bonds is 9. The first kappa shape index (κ1) is 19.7. The first-order chi connectivity index (χ1) is 11.5. The molecule has 9 heteroatoms. The summed E-state index contributed by atoms with van der Waals surface area (Å²) in [5, 5.41) is -0.570. The van der Waals surface area contributed by atoms with Gasteiger partial charge in [0.05, 0.1) is 5.25 Å². The van der Waals surface area contributed by atoms with Crippen LogP contribution in [0, 0.1) is 0 Å². The van der Waals surface area contributed by atoms with Crippen molar-refractivity contribution in [2.45, 2.75) is 49.0 Å². The summed E-state index contributed by atoms with van der Waals surface area (Å²) in [6.45, 7) is 0.910. The average Bonchev–Trinajstić information content (AvgIpc) is 3.00. The van der Waals surface area contributed by atoms with Crippen LogP contribution in [0.4, 0.5) is 0 Å². The number of hydrogen-bond donors (Lipinski definition) is 1. The molecule has 2 rings (SSSR count). The van der Waals surface area contributed by atoms with Gasteiger partial charge in [-0.25, -0.2) is 0 Å². The second kappa shape index (κ2) is 9.15. The van der Waals surface area contributed by atoms with Crippen LogP contribution < -0.4 is 0 Å². The third-order valence-electron chi connectivity index (χ3n) is 4.33. The molecule has 2 unspecified atom stereocenters. The lowest BCUT2D eigenvalue weighted by Gasteiger charge is -2.15. The highest BCUT2D eigenvalue weighted by Crippen LogP contribution is 2.27. The molecule has 0 N–H and O–H groups in total. The van der Waals surface area contributed by atoms with Crippen molar-refractivity contribution in [3.05, 3.63) is 0 Å². The number of nitrogens with zero attached hydrogens (tertiary/aromatic N) is 2. The van der Waals surface area contributed by atoms with Crippen molar-refractivity contribution in [2.24, 2.45) is 0 Å². The van der Waals surface area contributed by atoms with Gasteiger partial charge in [0.1, 0.15) is 5.25 Å². The molecular weight excluding hydrogens is 368 g/mol. The van der Waals surface area contributed by atoms with Crippen LogP contribution in [0.3, 0.4) is 0 Å². The standard InChI is InChI=1S/C15H22N2O4S3/c1-23-10-8-12(18)16(14(10)20)6-4-2-3-5-7-17-13(19)9-11(24-22)15(17)21/h10-11,22H,2-9H2,1H3. The highest BCUT2D eigenvalue weighted by atomic mass is 33.1. The van der Waals surface area contributed by atoms with Gasteiger partial charge in [0, 0.05) is 25.9 Å². The predicted octanol–water partition coefficient (Wildman–Crippen LogP) is 1.74. The zero-order valence-corrected chi connectivity index (χ0v) is 16.1. The van der Waals surface area contributed by atoms with Gasteiger partial charge in [-0.2, -0.15) is 11.8 Å². The largest absolute Gasteiger partial charge is 0.282 e. The maximum Gasteiger partial charge on any atom is 0.243 e. The lowest BCUT2D eigenvalue weighted by molar-refractivity contribution is -0.140. The molecular formula is C15H22N2O4S3. The van der Waals surface area contributed by atoms with Gasteiger partial charge in [-0.1, -0.05) is 23.6 Å². The summed E-state index contributed by atoms with van der Waals surface area (Å²) in [5.41, 5.74) is 0. The van der Waals surface area contributed by atoms with Crippen LogP contribution in [0.25, 0.3) is 0 Å². The second-order valence-electron chi connectivity index (χ2n) is 5.91. The molecule has 2 aliphatic heterocycles. The first-order valence-corrected chi connectivity index (χ1v) is 11.2. The number of imide groups is 2. The number of thioether (sulfide) groups is 1. The summed E-state index contributed by atoms with van der Waals surface area (Å²) in [6.07, 6.45) is 5.62. The van der Waals surface area contributed by atoms with E-state index >= 15 is 0 Å². The number of carbonyl (C=O) groups excluding carboxylic acids is 4. The second-order valence-corrected chi connectivity index (χ2v) is 8.36. The third-order valence-corrected chi connectivity index (χ3v) is 6.65. The zero-order chi connectivity index (χ0) is 17.7. The number of likely N-dealkylation sites (tertiary alicyclic amines) is 2. The Morgan fingerprint density at radius 2 is 1.33 bits per heavy atom. The minimum Gasteiger partial charge on any atom is -0.282 e. The molecule has 0 saturated carbocycles. The lowest BCUT2D eigenvalue weighted by atomic mass is 10.2. The van der Waals surface area contributed by atoms with E-state index in [0.717, 1.165) is 36.5 Å². The Kier molecular flexibility index (Phi) is 7.49. The van der Waals surface area contributed by atoms with Crippen LogP contribution in [0.15, 0.2) is 0 Å². The van der Waals surface area contributed by atoms with E-state index in [1.165, 1.54) is 21.6 Å². The molecule has 2 saturated heterocycles. The predicted molar refractivity (Wildman–Crippen MR) is 98.8 cm³/mol. The van der Waals surface area contributed by atoms with E-state index in [9.17, 15) is 19.2 Å². The first-order valence-electron chi connectivity index (χ1n) is 8.01. The summed E-state index contributed by atoms with van der Waals surface area (Å²) >= 11 is 5.44. The number of carbonyl (C=O) groups is 4. The van der Waals surface area contributed by atoms with Crippen molar-refractivity contribution in [3.8, 4) is 0 Å². The molecule has 0 spiro atoms. The number of unbranched alkanes of at least 4 members (excludes halogenated alkanes) is 3. The Hall–Kier alpha value is -0.670. The van der Waals surface area contributed by atoms with Crippen molar-refractivity contribution in [1.82, 2.24) is 9.80 Å². The molecule has 134 valence electrons. The van der Waals surface area contributed by atoms with Crippen molar-refractivity contribution >= 4 is 57.8 Å². The van der Waals surface area contributed by atoms with Gasteiger partial charge in [0.25, 0.3) is 0 Å². The monoisotopic (exact) mass is 390 g/mol. The van der Waals surface area contributed by atoms with Crippen LogP contribution in [0.1, 0.15) is 38.5 Å². The minimum absolute atomic E-state index is 0.0731. The van der Waals surface area contributed by atoms with E-state index in [4.69, 9.17) is 0 Å². The topological polar surface area (TPSA) is 74.8 Å². The Morgan fingerprint density at radius 1 is 0.875 bits per heavy atom. The van der Waals surface area contributed by atoms with Crippen LogP contribution in [-0.2, 0) is 19.2 Å². The van der Waals surface area contributed by atoms with Crippen molar-refractivity contribution in [3.63, 3.8) is 0 Å². The third kappa shape index (κ3) is 4.49. The van der Waals surface area contributed by atoms with Crippen molar-refractivity contribution in [2.75, 3.05) is 19.3 Å². The Balaban J connectivity index is 1.62. The van der Waals surface area contributed by atoms with Crippen molar-refractivity contribution < 1.29 is 19.2 Å². The van der Waals surface area contributed by atoms with Gasteiger partial charge in [0.15, 0.2) is 0 Å². The summed E-state index contributed by atoms with van der Waals surface area (Å²) in [7, 11) is 1.12. The SMILES string of the molecule is CSC1CC(=O)N(CCCCCCN2C(=O)CC(SS)C2=O)C1=O. The smallest absolute Gasteiger partial charge is 0.243 e. The van der Waals surface area contributed by atoms with Crippen molar-refractivity contribution in [1.29, 1.82) is 0 Å². The van der Waals surface area contributed by atoms with Gasteiger partial charge < -0.3 is 0 Å². The zero-order valence-electron chi connectivity index (χ0n) is 13.6. The van der Waals surface area contributed by atoms with E-state index in [1.807, 2.05) is 6.26 Å². The summed E-state index contributed by atoms with van der Waals surface area (Å²) in [5.74, 6) is -0.418. The lowest BCUT2D eigenvalue weighted by Crippen LogP contribution is -2.32. The molecule has 0 aromatic heterocycles. The average molecular weight is 391 g/mol. The summed E-state index contributed by atoms with van der Waals surface area (Å²) in [6, 6.07) is 0. The van der Waals surface area contributed by atoms with Gasteiger partial charge >= 0.3 is 0 Å². The fourth-order valence-corrected chi connectivity index (χ4v) is 4.50. The number of amides is 4. The molecule has 2 heterocycles. The number of thiol groups is 1. The fraction of sp³-hybridized carbons (Fsp3) is 0.733. The van der Waals surface area contributed by atoms with Gasteiger partial charge in [0.2, 0.25) is 23.6 Å². The minimum atomic E-state index is -0.350. The molecule has 6 nitrogen and oxygen atoms in total. The molecule has 24 heavy (non-hydrogen) atoms. The number of hydrogen-bond acceptors (Lipinski definition) is 7. The maximum atomic E-state index is 12.0. The van der Waals surface area contributed by atoms with E-state index < -0.39 is 0 Å². The molecule has 0 aromatic carbocycles. The van der Waals surface area contributed by atoms with Gasteiger partial charge in [-0.3, -0.25) is 29.0 Å². The van der Waals surface area contributed by atoms with Crippen LogP contribution in [-0.4, -0.2) is 63.3 Å². The van der Waals surface area contributed by atoms with E-state index in [-0.39, 0.29) is 40.5 Å². The van der Waals surface area contributed by atoms with E-state index in [2.05, 4.69) is 11.7 Å². The molecule has 0 radical (unpaired) electrons. The summed E-state index contributed by atoms with van der Waals surface area (Å²) < 4.78 is 0. The quantitative estimate of drug-likeness (QED) is 0.280. The normalized spacial score (nSPS) is 24.6. The van der Waals surface area contributed by atoms with Crippen LogP contribution in [0.5, 0.6) is 0 Å². The Labute approximate surface area is 155 Å². The molecule has 4 amide bonds. The molecule has 0 bridgehead atoms. The van der Waals surface area contributed by atoms with E-state index in [0.29, 0.717) is 19.5 Å². The van der Waals surface area contributed by atoms with Crippen LogP contribution in [0.2, 0.25) is 0 Å².